The highest BCUT2D eigenvalue weighted by Crippen LogP contribution is 2.26. The molecule has 0 bridgehead atoms. The average molecular weight is 444 g/mol. The fourth-order valence-corrected chi connectivity index (χ4v) is 4.08. The quantitative estimate of drug-likeness (QED) is 0.628. The summed E-state index contributed by atoms with van der Waals surface area (Å²) < 4.78 is 19.3. The molecule has 2 aromatic carbocycles. The molecule has 5 rings (SSSR count). The van der Waals surface area contributed by atoms with E-state index in [9.17, 15) is 4.79 Å². The predicted molar refractivity (Wildman–Crippen MR) is 119 cm³/mol. The van der Waals surface area contributed by atoms with Crippen LogP contribution in [0.15, 0.2) is 54.6 Å². The number of hydrogen-bond donors (Lipinski definition) is 1. The number of ether oxygens (including phenoxy) is 3. The molecule has 8 nitrogen and oxygen atoms in total. The van der Waals surface area contributed by atoms with E-state index in [-0.39, 0.29) is 18.1 Å². The predicted octanol–water partition coefficient (Wildman–Crippen LogP) is 2.86. The van der Waals surface area contributed by atoms with Crippen LogP contribution >= 0.6 is 0 Å². The summed E-state index contributed by atoms with van der Waals surface area (Å²) in [6.45, 7) is 2.05. The summed E-state index contributed by atoms with van der Waals surface area (Å²) in [7, 11) is 0. The summed E-state index contributed by atoms with van der Waals surface area (Å²) in [5.74, 6) is 1.06. The molecule has 1 aromatic heterocycles. The van der Waals surface area contributed by atoms with E-state index < -0.39 is 0 Å². The molecule has 8 heteroatoms. The minimum Gasteiger partial charge on any atom is -0.491 e. The highest BCUT2D eigenvalue weighted by Gasteiger charge is 2.26. The highest BCUT2D eigenvalue weighted by atomic mass is 16.5. The molecule has 2 aliphatic rings. The Kier molecular flexibility index (Phi) is 5.96. The molecule has 2 atom stereocenters. The zero-order chi connectivity index (χ0) is 22.6. The number of nitriles is 1. The van der Waals surface area contributed by atoms with Gasteiger partial charge < -0.3 is 19.5 Å². The van der Waals surface area contributed by atoms with Crippen LogP contribution in [0.1, 0.15) is 33.6 Å². The van der Waals surface area contributed by atoms with Gasteiger partial charge in [-0.3, -0.25) is 4.79 Å². The number of carbonyl (C=O) groups is 1. The van der Waals surface area contributed by atoms with Crippen molar-refractivity contribution in [2.75, 3.05) is 13.2 Å². The average Bonchev–Trinajstić information content (AvgIpc) is 3.28. The summed E-state index contributed by atoms with van der Waals surface area (Å²) in [5.41, 5.74) is 2.92. The topological polar surface area (TPSA) is 98.4 Å². The van der Waals surface area contributed by atoms with Gasteiger partial charge in [-0.25, -0.2) is 4.68 Å². The van der Waals surface area contributed by atoms with E-state index in [2.05, 4.69) is 16.5 Å². The van der Waals surface area contributed by atoms with Crippen molar-refractivity contribution in [3.63, 3.8) is 0 Å². The van der Waals surface area contributed by atoms with Crippen LogP contribution in [-0.2, 0) is 24.3 Å². The molecule has 0 spiro atoms. The first-order valence-corrected chi connectivity index (χ1v) is 11.0. The number of benzene rings is 2. The van der Waals surface area contributed by atoms with E-state index in [0.717, 1.165) is 23.3 Å². The van der Waals surface area contributed by atoms with E-state index in [1.54, 1.807) is 28.9 Å². The second kappa shape index (κ2) is 9.35. The third-order valence-electron chi connectivity index (χ3n) is 5.77. The molecule has 0 radical (unpaired) electrons. The SMILES string of the molecule is N#Cc1ccc2c(c1)C[C@@H](NC(=O)c1cc3n(n1)CCC(COCc1ccccc1)O3)CO2. The van der Waals surface area contributed by atoms with Crippen molar-refractivity contribution >= 4 is 5.91 Å². The largest absolute Gasteiger partial charge is 0.491 e. The van der Waals surface area contributed by atoms with Crippen LogP contribution in [-0.4, -0.2) is 41.0 Å². The molecule has 0 saturated heterocycles. The molecule has 0 fully saturated rings. The van der Waals surface area contributed by atoms with Gasteiger partial charge in [0, 0.05) is 19.0 Å². The van der Waals surface area contributed by atoms with Gasteiger partial charge in [0.15, 0.2) is 5.69 Å². The van der Waals surface area contributed by atoms with Crippen molar-refractivity contribution in [1.29, 1.82) is 5.26 Å². The number of nitrogens with zero attached hydrogens (tertiary/aromatic N) is 3. The van der Waals surface area contributed by atoms with E-state index in [1.165, 1.54) is 0 Å². The Morgan fingerprint density at radius 1 is 1.24 bits per heavy atom. The first-order valence-electron chi connectivity index (χ1n) is 11.0. The van der Waals surface area contributed by atoms with Crippen molar-refractivity contribution < 1.29 is 19.0 Å². The zero-order valence-electron chi connectivity index (χ0n) is 18.1. The van der Waals surface area contributed by atoms with Crippen LogP contribution in [0, 0.1) is 11.3 Å². The van der Waals surface area contributed by atoms with Gasteiger partial charge in [-0.15, -0.1) is 0 Å². The van der Waals surface area contributed by atoms with E-state index in [0.29, 0.717) is 49.9 Å². The second-order valence-electron chi connectivity index (χ2n) is 8.24. The van der Waals surface area contributed by atoms with E-state index in [4.69, 9.17) is 19.5 Å². The number of hydrogen-bond acceptors (Lipinski definition) is 6. The number of fused-ring (bicyclic) bond motifs is 2. The molecule has 168 valence electrons. The Labute approximate surface area is 191 Å². The Bertz CT molecular complexity index is 1180. The fourth-order valence-electron chi connectivity index (χ4n) is 4.08. The lowest BCUT2D eigenvalue weighted by Gasteiger charge is -2.25. The van der Waals surface area contributed by atoms with Gasteiger partial charge in [-0.05, 0) is 35.7 Å². The van der Waals surface area contributed by atoms with Crippen LogP contribution < -0.4 is 14.8 Å². The van der Waals surface area contributed by atoms with Crippen LogP contribution in [0.5, 0.6) is 11.6 Å². The molecular formula is C25H24N4O4. The van der Waals surface area contributed by atoms with Crippen LogP contribution in [0.4, 0.5) is 0 Å². The van der Waals surface area contributed by atoms with Gasteiger partial charge in [-0.2, -0.15) is 10.4 Å². The maximum Gasteiger partial charge on any atom is 0.272 e. The Morgan fingerprint density at radius 3 is 2.97 bits per heavy atom. The molecule has 1 N–H and O–H groups in total. The third kappa shape index (κ3) is 4.83. The van der Waals surface area contributed by atoms with Crippen molar-refractivity contribution in [2.24, 2.45) is 0 Å². The van der Waals surface area contributed by atoms with Crippen molar-refractivity contribution in [3.05, 3.63) is 77.0 Å². The number of carbonyl (C=O) groups excluding carboxylic acids is 1. The molecule has 1 amide bonds. The Morgan fingerprint density at radius 2 is 2.12 bits per heavy atom. The fraction of sp³-hybridized carbons (Fsp3) is 0.320. The Balaban J connectivity index is 1.16. The molecule has 1 unspecified atom stereocenters. The van der Waals surface area contributed by atoms with E-state index >= 15 is 0 Å². The van der Waals surface area contributed by atoms with Gasteiger partial charge in [0.05, 0.1) is 30.9 Å². The smallest absolute Gasteiger partial charge is 0.272 e. The van der Waals surface area contributed by atoms with Crippen LogP contribution in [0.2, 0.25) is 0 Å². The normalized spacial score (nSPS) is 18.8. The summed E-state index contributed by atoms with van der Waals surface area (Å²) >= 11 is 0. The number of aromatic nitrogens is 2. The first kappa shape index (κ1) is 21.0. The third-order valence-corrected chi connectivity index (χ3v) is 5.77. The van der Waals surface area contributed by atoms with Gasteiger partial charge in [0.2, 0.25) is 5.88 Å². The maximum absolute atomic E-state index is 12.8. The summed E-state index contributed by atoms with van der Waals surface area (Å²) in [5, 5.41) is 16.5. The lowest BCUT2D eigenvalue weighted by atomic mass is 10.0. The highest BCUT2D eigenvalue weighted by molar-refractivity contribution is 5.92. The first-order chi connectivity index (χ1) is 16.2. The lowest BCUT2D eigenvalue weighted by molar-refractivity contribution is 0.0187. The molecule has 3 aromatic rings. The van der Waals surface area contributed by atoms with Crippen LogP contribution in [0.3, 0.4) is 0 Å². The molecule has 33 heavy (non-hydrogen) atoms. The number of nitrogens with one attached hydrogen (secondary N) is 1. The summed E-state index contributed by atoms with van der Waals surface area (Å²) in [6.07, 6.45) is 1.28. The maximum atomic E-state index is 12.8. The molecule has 0 saturated carbocycles. The van der Waals surface area contributed by atoms with E-state index in [1.807, 2.05) is 30.3 Å². The monoisotopic (exact) mass is 444 g/mol. The minimum atomic E-state index is -0.272. The Hall–Kier alpha value is -3.83. The summed E-state index contributed by atoms with van der Waals surface area (Å²) in [6, 6.07) is 18.9. The zero-order valence-corrected chi connectivity index (χ0v) is 18.1. The molecule has 0 aliphatic carbocycles. The van der Waals surface area contributed by atoms with Crippen LogP contribution in [0.25, 0.3) is 0 Å². The van der Waals surface area contributed by atoms with Crippen molar-refractivity contribution in [2.45, 2.75) is 38.1 Å². The van der Waals surface area contributed by atoms with Gasteiger partial charge in [0.25, 0.3) is 5.91 Å². The summed E-state index contributed by atoms with van der Waals surface area (Å²) in [4.78, 5) is 12.8. The van der Waals surface area contributed by atoms with Gasteiger partial charge in [-0.1, -0.05) is 30.3 Å². The number of aryl methyl sites for hydroxylation is 1. The van der Waals surface area contributed by atoms with Gasteiger partial charge in [0.1, 0.15) is 18.5 Å². The number of amides is 1. The number of rotatable bonds is 6. The van der Waals surface area contributed by atoms with Crippen molar-refractivity contribution in [1.82, 2.24) is 15.1 Å². The molecular weight excluding hydrogens is 420 g/mol. The lowest BCUT2D eigenvalue weighted by Crippen LogP contribution is -2.42. The minimum absolute atomic E-state index is 0.0774. The molecule has 2 aliphatic heterocycles. The molecule has 3 heterocycles. The van der Waals surface area contributed by atoms with Crippen molar-refractivity contribution in [3.8, 4) is 17.7 Å². The standard InChI is InChI=1S/C25H24N4O4/c26-13-18-6-7-23-19(10-18)11-20(15-32-23)27-25(30)22-12-24-29(28-22)9-8-21(33-24)16-31-14-17-4-2-1-3-5-17/h1-7,10,12,20-21H,8-9,11,14-16H2,(H,27,30)/t20-,21?/m1/s1. The van der Waals surface area contributed by atoms with Gasteiger partial charge >= 0.3 is 0 Å². The second-order valence-corrected chi connectivity index (χ2v) is 8.24.